The summed E-state index contributed by atoms with van der Waals surface area (Å²) < 4.78 is 14.3. The maximum absolute atomic E-state index is 14.3. The van der Waals surface area contributed by atoms with Crippen molar-refractivity contribution in [3.05, 3.63) is 45.7 Å². The maximum Gasteiger partial charge on any atom is 0.249 e. The van der Waals surface area contributed by atoms with Crippen LogP contribution in [0.3, 0.4) is 0 Å². The van der Waals surface area contributed by atoms with Crippen molar-refractivity contribution in [1.82, 2.24) is 16.0 Å². The lowest BCUT2D eigenvalue weighted by Crippen LogP contribution is -2.63. The Hall–Kier alpha value is -2.43. The van der Waals surface area contributed by atoms with Crippen LogP contribution >= 0.6 is 11.6 Å². The fourth-order valence-corrected chi connectivity index (χ4v) is 6.42. The van der Waals surface area contributed by atoms with Crippen molar-refractivity contribution in [2.24, 2.45) is 17.8 Å². The summed E-state index contributed by atoms with van der Waals surface area (Å²) in [5, 5.41) is 18.9. The minimum absolute atomic E-state index is 0.0298. The molecule has 8 heteroatoms. The van der Waals surface area contributed by atoms with Crippen molar-refractivity contribution in [3.63, 3.8) is 0 Å². The first kappa shape index (κ1) is 24.7. The number of carbonyl (C=O) groups is 2. The Balaban J connectivity index is 1.48. The smallest absolute Gasteiger partial charge is 0.249 e. The lowest BCUT2D eigenvalue weighted by molar-refractivity contribution is -0.125. The van der Waals surface area contributed by atoms with Gasteiger partial charge in [0.15, 0.2) is 0 Å². The fourth-order valence-electron chi connectivity index (χ4n) is 5.94. The normalized spacial score (nSPS) is 28.5. The summed E-state index contributed by atoms with van der Waals surface area (Å²) in [6, 6.07) is 5.47. The van der Waals surface area contributed by atoms with Crippen LogP contribution in [0.25, 0.3) is 0 Å². The number of amides is 2. The Morgan fingerprint density at radius 2 is 2.06 bits per heavy atom. The minimum atomic E-state index is -0.620. The van der Waals surface area contributed by atoms with Gasteiger partial charge in [-0.1, -0.05) is 49.8 Å². The molecule has 6 nitrogen and oxygen atoms in total. The summed E-state index contributed by atoms with van der Waals surface area (Å²) in [7, 11) is 0. The van der Waals surface area contributed by atoms with Gasteiger partial charge in [0.25, 0.3) is 0 Å². The highest BCUT2D eigenvalue weighted by molar-refractivity contribution is 6.33. The predicted octanol–water partition coefficient (Wildman–Crippen LogP) is 4.06. The number of nitrogens with one attached hydrogen (secondary N) is 3. The van der Waals surface area contributed by atoms with E-state index in [1.54, 1.807) is 6.92 Å². The van der Waals surface area contributed by atoms with Gasteiger partial charge in [-0.05, 0) is 37.8 Å². The SMILES string of the molecule is CC1NCC(C2CCCCC2)C2NC(=O)C(CC(=O)N[C@@H](C)c3ccc(C#N)cc3F)=C(Cl)C12. The van der Waals surface area contributed by atoms with Gasteiger partial charge in [0.1, 0.15) is 5.82 Å². The van der Waals surface area contributed by atoms with Crippen LogP contribution in [0.15, 0.2) is 28.8 Å². The zero-order valence-corrected chi connectivity index (χ0v) is 20.4. The van der Waals surface area contributed by atoms with E-state index in [1.807, 2.05) is 6.07 Å². The second-order valence-corrected chi connectivity index (χ2v) is 10.3. The average molecular weight is 487 g/mol. The summed E-state index contributed by atoms with van der Waals surface area (Å²) in [6.45, 7) is 4.60. The third-order valence-corrected chi connectivity index (χ3v) is 8.26. The van der Waals surface area contributed by atoms with Crippen molar-refractivity contribution < 1.29 is 14.0 Å². The number of hydrogen-bond acceptors (Lipinski definition) is 4. The molecule has 1 saturated heterocycles. The molecule has 4 unspecified atom stereocenters. The molecule has 2 amide bonds. The van der Waals surface area contributed by atoms with Crippen LogP contribution in [0.1, 0.15) is 69.5 Å². The maximum atomic E-state index is 14.3. The molecule has 1 aromatic rings. The van der Waals surface area contributed by atoms with Crippen LogP contribution in [0.4, 0.5) is 4.39 Å². The van der Waals surface area contributed by atoms with E-state index in [-0.39, 0.29) is 47.0 Å². The summed E-state index contributed by atoms with van der Waals surface area (Å²) >= 11 is 6.81. The summed E-state index contributed by atoms with van der Waals surface area (Å²) in [5.74, 6) is -0.422. The van der Waals surface area contributed by atoms with Gasteiger partial charge in [0, 0.05) is 40.7 Å². The topological polar surface area (TPSA) is 94.0 Å². The Labute approximate surface area is 205 Å². The highest BCUT2D eigenvalue weighted by Crippen LogP contribution is 2.42. The number of carbonyl (C=O) groups excluding carboxylic acids is 2. The number of rotatable bonds is 5. The standard InChI is InChI=1S/C26H32ClFN4O2/c1-14(18-9-8-16(12-29)10-21(18)28)31-22(33)11-19-24(27)23-15(2)30-13-20(25(23)32-26(19)34)17-6-4-3-5-7-17/h8-10,14-15,17,20,23,25,30H,3-7,11,13H2,1-2H3,(H,31,33)(H,32,34)/t14-,15?,20?,23?,25?/m0/s1. The molecule has 0 radical (unpaired) electrons. The summed E-state index contributed by atoms with van der Waals surface area (Å²) in [5.41, 5.74) is 0.777. The molecular formula is C26H32ClFN4O2. The summed E-state index contributed by atoms with van der Waals surface area (Å²) in [4.78, 5) is 25.9. The third kappa shape index (κ3) is 4.99. The molecule has 5 atom stereocenters. The zero-order chi connectivity index (χ0) is 24.4. The largest absolute Gasteiger partial charge is 0.349 e. The highest BCUT2D eigenvalue weighted by Gasteiger charge is 2.47. The lowest BCUT2D eigenvalue weighted by atomic mass is 9.68. The average Bonchev–Trinajstić information content (AvgIpc) is 2.82. The monoisotopic (exact) mass is 486 g/mol. The van der Waals surface area contributed by atoms with Crippen LogP contribution in [0.5, 0.6) is 0 Å². The number of nitrogens with zero attached hydrogens (tertiary/aromatic N) is 1. The molecule has 0 bridgehead atoms. The molecule has 1 aliphatic carbocycles. The second kappa shape index (κ2) is 10.5. The van der Waals surface area contributed by atoms with E-state index in [4.69, 9.17) is 16.9 Å². The van der Waals surface area contributed by atoms with Gasteiger partial charge >= 0.3 is 0 Å². The van der Waals surface area contributed by atoms with Crippen molar-refractivity contribution in [2.75, 3.05) is 6.54 Å². The molecule has 2 fully saturated rings. The first-order chi connectivity index (χ1) is 16.3. The van der Waals surface area contributed by atoms with E-state index in [1.165, 1.54) is 44.2 Å². The number of halogens is 2. The van der Waals surface area contributed by atoms with Gasteiger partial charge in [-0.3, -0.25) is 9.59 Å². The lowest BCUT2D eigenvalue weighted by Gasteiger charge is -2.49. The molecule has 0 aromatic heterocycles. The predicted molar refractivity (Wildman–Crippen MR) is 128 cm³/mol. The Morgan fingerprint density at radius 1 is 1.32 bits per heavy atom. The van der Waals surface area contributed by atoms with Gasteiger partial charge < -0.3 is 16.0 Å². The molecule has 3 aliphatic rings. The fraction of sp³-hybridized carbons (Fsp3) is 0.577. The molecule has 3 N–H and O–H groups in total. The van der Waals surface area contributed by atoms with E-state index >= 15 is 0 Å². The van der Waals surface area contributed by atoms with E-state index in [0.29, 0.717) is 16.9 Å². The van der Waals surface area contributed by atoms with Crippen LogP contribution in [-0.2, 0) is 9.59 Å². The number of hydrogen-bond donors (Lipinski definition) is 3. The van der Waals surface area contributed by atoms with Gasteiger partial charge in [-0.25, -0.2) is 4.39 Å². The molecule has 2 heterocycles. The number of piperidine rings is 1. The van der Waals surface area contributed by atoms with E-state index in [0.717, 1.165) is 12.6 Å². The molecule has 1 saturated carbocycles. The third-order valence-electron chi connectivity index (χ3n) is 7.78. The Kier molecular flexibility index (Phi) is 7.59. The summed E-state index contributed by atoms with van der Waals surface area (Å²) in [6.07, 6.45) is 5.93. The second-order valence-electron chi connectivity index (χ2n) is 9.92. The van der Waals surface area contributed by atoms with Crippen LogP contribution in [0.2, 0.25) is 0 Å². The molecule has 0 spiro atoms. The van der Waals surface area contributed by atoms with Crippen molar-refractivity contribution in [3.8, 4) is 6.07 Å². The molecule has 4 rings (SSSR count). The molecule has 182 valence electrons. The van der Waals surface area contributed by atoms with E-state index in [2.05, 4.69) is 22.9 Å². The molecule has 34 heavy (non-hydrogen) atoms. The highest BCUT2D eigenvalue weighted by atomic mass is 35.5. The van der Waals surface area contributed by atoms with E-state index in [9.17, 15) is 14.0 Å². The van der Waals surface area contributed by atoms with Crippen molar-refractivity contribution in [1.29, 1.82) is 5.26 Å². The minimum Gasteiger partial charge on any atom is -0.349 e. The van der Waals surface area contributed by atoms with Gasteiger partial charge in [0.2, 0.25) is 11.8 Å². The number of fused-ring (bicyclic) bond motifs is 1. The first-order valence-corrected chi connectivity index (χ1v) is 12.6. The quantitative estimate of drug-likeness (QED) is 0.585. The van der Waals surface area contributed by atoms with E-state index < -0.39 is 17.8 Å². The van der Waals surface area contributed by atoms with Crippen LogP contribution < -0.4 is 16.0 Å². The number of benzene rings is 1. The van der Waals surface area contributed by atoms with Crippen molar-refractivity contribution >= 4 is 23.4 Å². The van der Waals surface area contributed by atoms with Gasteiger partial charge in [0.05, 0.1) is 24.1 Å². The zero-order valence-electron chi connectivity index (χ0n) is 19.7. The molecule has 1 aromatic carbocycles. The van der Waals surface area contributed by atoms with Crippen molar-refractivity contribution in [2.45, 2.75) is 70.5 Å². The van der Waals surface area contributed by atoms with Gasteiger partial charge in [-0.2, -0.15) is 5.26 Å². The Morgan fingerprint density at radius 3 is 2.74 bits per heavy atom. The van der Waals surface area contributed by atoms with Crippen LogP contribution in [-0.4, -0.2) is 30.4 Å². The Bertz CT molecular complexity index is 1030. The van der Waals surface area contributed by atoms with Crippen LogP contribution in [0, 0.1) is 34.9 Å². The molecular weight excluding hydrogens is 455 g/mol. The van der Waals surface area contributed by atoms with Gasteiger partial charge in [-0.15, -0.1) is 0 Å². The first-order valence-electron chi connectivity index (χ1n) is 12.2. The number of nitriles is 1. The molecule has 2 aliphatic heterocycles.